The van der Waals surface area contributed by atoms with E-state index in [-0.39, 0.29) is 6.04 Å². The summed E-state index contributed by atoms with van der Waals surface area (Å²) in [5.74, 6) is 0. The molecule has 0 spiro atoms. The van der Waals surface area contributed by atoms with E-state index in [1.165, 1.54) is 0 Å². The van der Waals surface area contributed by atoms with Gasteiger partial charge < -0.3 is 14.6 Å². The van der Waals surface area contributed by atoms with E-state index in [1.807, 2.05) is 47.6 Å². The summed E-state index contributed by atoms with van der Waals surface area (Å²) in [4.78, 5) is 0.302. The standard InChI is InChI=1S/C18H29BN2O4S/c1-13-9-15(19-24-17(3,4)18(5,6)25-19)11-16(10-13)26(22,23)21-8-7-20-14(2)12-21/h9-11,14,20H,7-8,12H2,1-6H3. The van der Waals surface area contributed by atoms with E-state index in [9.17, 15) is 8.42 Å². The van der Waals surface area contributed by atoms with Gasteiger partial charge in [0, 0.05) is 25.7 Å². The van der Waals surface area contributed by atoms with Gasteiger partial charge >= 0.3 is 7.12 Å². The van der Waals surface area contributed by atoms with Crippen molar-refractivity contribution in [3.05, 3.63) is 23.8 Å². The molecule has 2 fully saturated rings. The second kappa shape index (κ2) is 6.60. The zero-order valence-electron chi connectivity index (χ0n) is 16.5. The second-order valence-electron chi connectivity index (χ2n) is 8.39. The first-order valence-corrected chi connectivity index (χ1v) is 10.6. The lowest BCUT2D eigenvalue weighted by molar-refractivity contribution is 0.00578. The maximum atomic E-state index is 13.1. The monoisotopic (exact) mass is 380 g/mol. The zero-order valence-corrected chi connectivity index (χ0v) is 17.3. The van der Waals surface area contributed by atoms with Crippen molar-refractivity contribution in [2.45, 2.75) is 63.7 Å². The second-order valence-corrected chi connectivity index (χ2v) is 10.3. The van der Waals surface area contributed by atoms with Crippen LogP contribution in [-0.4, -0.2) is 56.7 Å². The molecule has 2 aliphatic rings. The average molecular weight is 380 g/mol. The van der Waals surface area contributed by atoms with E-state index in [1.54, 1.807) is 16.4 Å². The molecule has 0 aliphatic carbocycles. The number of hydrogen-bond donors (Lipinski definition) is 1. The van der Waals surface area contributed by atoms with E-state index < -0.39 is 28.3 Å². The lowest BCUT2D eigenvalue weighted by atomic mass is 9.78. The molecule has 8 heteroatoms. The molecular formula is C18H29BN2O4S. The largest absolute Gasteiger partial charge is 0.494 e. The number of rotatable bonds is 3. The Hall–Kier alpha value is -0.925. The number of piperazine rings is 1. The first kappa shape index (κ1) is 19.8. The van der Waals surface area contributed by atoms with Crippen LogP contribution in [0.5, 0.6) is 0 Å². The molecule has 26 heavy (non-hydrogen) atoms. The van der Waals surface area contributed by atoms with Gasteiger partial charge in [-0.1, -0.05) is 11.6 Å². The molecular weight excluding hydrogens is 351 g/mol. The fourth-order valence-electron chi connectivity index (χ4n) is 3.31. The highest BCUT2D eigenvalue weighted by atomic mass is 32.2. The van der Waals surface area contributed by atoms with Crippen LogP contribution in [0.4, 0.5) is 0 Å². The SMILES string of the molecule is Cc1cc(B2OC(C)(C)C(C)(C)O2)cc(S(=O)(=O)N2CCNC(C)C2)c1. The molecule has 0 bridgehead atoms. The third-order valence-corrected chi connectivity index (χ3v) is 7.41. The summed E-state index contributed by atoms with van der Waals surface area (Å²) < 4.78 is 40.0. The van der Waals surface area contributed by atoms with Gasteiger partial charge in [0.1, 0.15) is 0 Å². The van der Waals surface area contributed by atoms with Gasteiger partial charge in [0.15, 0.2) is 0 Å². The van der Waals surface area contributed by atoms with Crippen molar-refractivity contribution in [3.63, 3.8) is 0 Å². The number of nitrogens with zero attached hydrogens (tertiary/aromatic N) is 1. The summed E-state index contributed by atoms with van der Waals surface area (Å²) in [5.41, 5.74) is 0.687. The van der Waals surface area contributed by atoms with Crippen LogP contribution < -0.4 is 10.8 Å². The third-order valence-electron chi connectivity index (χ3n) is 5.57. The van der Waals surface area contributed by atoms with Crippen molar-refractivity contribution in [1.82, 2.24) is 9.62 Å². The lowest BCUT2D eigenvalue weighted by Crippen LogP contribution is -2.51. The van der Waals surface area contributed by atoms with E-state index in [0.29, 0.717) is 24.5 Å². The van der Waals surface area contributed by atoms with Crippen LogP contribution >= 0.6 is 0 Å². The van der Waals surface area contributed by atoms with Gasteiger partial charge in [-0.25, -0.2) is 8.42 Å². The summed E-state index contributed by atoms with van der Waals surface area (Å²) in [6.07, 6.45) is 0. The van der Waals surface area contributed by atoms with E-state index >= 15 is 0 Å². The molecule has 2 saturated heterocycles. The highest BCUT2D eigenvalue weighted by molar-refractivity contribution is 7.89. The lowest BCUT2D eigenvalue weighted by Gasteiger charge is -2.32. The number of aryl methyl sites for hydroxylation is 1. The van der Waals surface area contributed by atoms with Crippen LogP contribution in [0.2, 0.25) is 0 Å². The van der Waals surface area contributed by atoms with Crippen LogP contribution in [0.1, 0.15) is 40.2 Å². The number of sulfonamides is 1. The van der Waals surface area contributed by atoms with E-state index in [4.69, 9.17) is 9.31 Å². The Labute approximate surface area is 157 Å². The van der Waals surface area contributed by atoms with Crippen molar-refractivity contribution in [2.24, 2.45) is 0 Å². The molecule has 1 aromatic carbocycles. The van der Waals surface area contributed by atoms with Crippen molar-refractivity contribution in [1.29, 1.82) is 0 Å². The molecule has 0 aromatic heterocycles. The Bertz CT molecular complexity index is 778. The predicted molar refractivity (Wildman–Crippen MR) is 103 cm³/mol. The summed E-state index contributed by atoms with van der Waals surface area (Å²) in [6.45, 7) is 13.5. The number of nitrogens with one attached hydrogen (secondary N) is 1. The molecule has 1 atom stereocenters. The molecule has 0 amide bonds. The molecule has 2 heterocycles. The summed E-state index contributed by atoms with van der Waals surface area (Å²) in [6, 6.07) is 5.49. The molecule has 3 rings (SSSR count). The Kier molecular flexibility index (Phi) is 5.03. The van der Waals surface area contributed by atoms with Crippen LogP contribution in [0.25, 0.3) is 0 Å². The first-order valence-electron chi connectivity index (χ1n) is 9.13. The maximum absolute atomic E-state index is 13.1. The molecule has 2 aliphatic heterocycles. The molecule has 1 N–H and O–H groups in total. The van der Waals surface area contributed by atoms with Crippen LogP contribution in [0, 0.1) is 6.92 Å². The van der Waals surface area contributed by atoms with Gasteiger partial charge in [-0.15, -0.1) is 0 Å². The fraction of sp³-hybridized carbons (Fsp3) is 0.667. The normalized spacial score (nSPS) is 26.2. The van der Waals surface area contributed by atoms with Gasteiger partial charge in [-0.2, -0.15) is 4.31 Å². The smallest absolute Gasteiger partial charge is 0.399 e. The molecule has 144 valence electrons. The zero-order chi connectivity index (χ0) is 19.3. The number of benzene rings is 1. The Morgan fingerprint density at radius 2 is 1.77 bits per heavy atom. The summed E-state index contributed by atoms with van der Waals surface area (Å²) in [5, 5.41) is 3.27. The highest BCUT2D eigenvalue weighted by Gasteiger charge is 2.52. The Morgan fingerprint density at radius 1 is 1.15 bits per heavy atom. The highest BCUT2D eigenvalue weighted by Crippen LogP contribution is 2.36. The third kappa shape index (κ3) is 3.58. The molecule has 6 nitrogen and oxygen atoms in total. The summed E-state index contributed by atoms with van der Waals surface area (Å²) >= 11 is 0. The van der Waals surface area contributed by atoms with Gasteiger partial charge in [0.2, 0.25) is 10.0 Å². The van der Waals surface area contributed by atoms with Gasteiger partial charge in [0.25, 0.3) is 0 Å². The molecule has 1 aromatic rings. The van der Waals surface area contributed by atoms with E-state index in [0.717, 1.165) is 11.0 Å². The minimum atomic E-state index is -3.54. The molecule has 0 radical (unpaired) electrons. The van der Waals surface area contributed by atoms with Crippen LogP contribution in [0.3, 0.4) is 0 Å². The van der Waals surface area contributed by atoms with Gasteiger partial charge in [-0.3, -0.25) is 0 Å². The van der Waals surface area contributed by atoms with Crippen LogP contribution in [0.15, 0.2) is 23.1 Å². The average Bonchev–Trinajstić information content (AvgIpc) is 2.75. The van der Waals surface area contributed by atoms with Crippen LogP contribution in [-0.2, 0) is 19.3 Å². The van der Waals surface area contributed by atoms with Gasteiger partial charge in [-0.05, 0) is 59.1 Å². The molecule has 0 saturated carbocycles. The predicted octanol–water partition coefficient (Wildman–Crippen LogP) is 1.28. The van der Waals surface area contributed by atoms with Crippen molar-refractivity contribution in [3.8, 4) is 0 Å². The van der Waals surface area contributed by atoms with Crippen molar-refractivity contribution in [2.75, 3.05) is 19.6 Å². The fourth-order valence-corrected chi connectivity index (χ4v) is 4.97. The maximum Gasteiger partial charge on any atom is 0.494 e. The molecule has 1 unspecified atom stereocenters. The Morgan fingerprint density at radius 3 is 2.35 bits per heavy atom. The minimum absolute atomic E-state index is 0.144. The van der Waals surface area contributed by atoms with Gasteiger partial charge in [0.05, 0.1) is 16.1 Å². The first-order chi connectivity index (χ1) is 11.9. The van der Waals surface area contributed by atoms with E-state index in [2.05, 4.69) is 5.32 Å². The topological polar surface area (TPSA) is 67.9 Å². The minimum Gasteiger partial charge on any atom is -0.399 e. The van der Waals surface area contributed by atoms with Crippen molar-refractivity contribution >= 4 is 22.6 Å². The number of hydrogen-bond acceptors (Lipinski definition) is 5. The quantitative estimate of drug-likeness (QED) is 0.801. The summed E-state index contributed by atoms with van der Waals surface area (Å²) in [7, 11) is -4.12. The Balaban J connectivity index is 1.94. The van der Waals surface area contributed by atoms with Crippen molar-refractivity contribution < 1.29 is 17.7 Å².